The third kappa shape index (κ3) is 5.89. The second kappa shape index (κ2) is 14.6. The summed E-state index contributed by atoms with van der Waals surface area (Å²) in [5, 5.41) is 13.6. The lowest BCUT2D eigenvalue weighted by Crippen LogP contribution is -2.00. The van der Waals surface area contributed by atoms with Crippen molar-refractivity contribution < 1.29 is 8.83 Å². The van der Waals surface area contributed by atoms with Crippen molar-refractivity contribution in [1.29, 1.82) is 0 Å². The van der Waals surface area contributed by atoms with Crippen LogP contribution in [0.25, 0.3) is 149 Å². The molecule has 11 aromatic carbocycles. The predicted octanol–water partition coefficient (Wildman–Crippen LogP) is 16.9. The van der Waals surface area contributed by atoms with Gasteiger partial charge in [0, 0.05) is 54.7 Å². The third-order valence-electron chi connectivity index (χ3n) is 14.0. The highest BCUT2D eigenvalue weighted by Gasteiger charge is 2.21. The number of fused-ring (bicyclic) bond motifs is 13. The van der Waals surface area contributed by atoms with Crippen LogP contribution in [0.2, 0.25) is 0 Å². The molecule has 0 aliphatic rings. The maximum absolute atomic E-state index is 6.66. The van der Waals surface area contributed by atoms with E-state index in [1.807, 2.05) is 42.5 Å². The smallest absolute Gasteiger partial charge is 0.164 e. The summed E-state index contributed by atoms with van der Waals surface area (Å²) in [5.74, 6) is 1.71. The van der Waals surface area contributed by atoms with E-state index in [0.717, 1.165) is 88.2 Å². The molecular formula is C63H36N4O2. The van der Waals surface area contributed by atoms with Crippen molar-refractivity contribution in [2.75, 3.05) is 0 Å². The molecule has 15 rings (SSSR count). The molecule has 0 saturated heterocycles. The minimum atomic E-state index is 0.564. The van der Waals surface area contributed by atoms with Gasteiger partial charge in [-0.05, 0) is 116 Å². The quantitative estimate of drug-likeness (QED) is 0.172. The van der Waals surface area contributed by atoms with Crippen molar-refractivity contribution in [1.82, 2.24) is 19.5 Å². The van der Waals surface area contributed by atoms with Gasteiger partial charge in [-0.25, -0.2) is 15.0 Å². The van der Waals surface area contributed by atoms with E-state index in [2.05, 4.69) is 180 Å². The minimum Gasteiger partial charge on any atom is -0.456 e. The maximum Gasteiger partial charge on any atom is 0.164 e. The molecule has 15 aromatic rings. The van der Waals surface area contributed by atoms with E-state index in [1.54, 1.807) is 0 Å². The molecule has 69 heavy (non-hydrogen) atoms. The Kier molecular flexibility index (Phi) is 7.97. The molecule has 0 amide bonds. The zero-order chi connectivity index (χ0) is 45.2. The first kappa shape index (κ1) is 37.8. The molecule has 6 nitrogen and oxygen atoms in total. The van der Waals surface area contributed by atoms with Gasteiger partial charge in [0.1, 0.15) is 22.3 Å². The van der Waals surface area contributed by atoms with E-state index in [4.69, 9.17) is 23.8 Å². The van der Waals surface area contributed by atoms with E-state index in [-0.39, 0.29) is 0 Å². The zero-order valence-corrected chi connectivity index (χ0v) is 36.9. The normalized spacial score (nSPS) is 12.1. The van der Waals surface area contributed by atoms with Crippen LogP contribution < -0.4 is 0 Å². The number of furan rings is 2. The number of aromatic nitrogens is 4. The topological polar surface area (TPSA) is 69.9 Å². The molecule has 0 bridgehead atoms. The molecule has 0 N–H and O–H groups in total. The Morgan fingerprint density at radius 2 is 0.826 bits per heavy atom. The molecular weight excluding hydrogens is 845 g/mol. The van der Waals surface area contributed by atoms with Gasteiger partial charge in [0.05, 0.1) is 11.0 Å². The average molecular weight is 881 g/mol. The highest BCUT2D eigenvalue weighted by molar-refractivity contribution is 6.21. The molecule has 320 valence electrons. The van der Waals surface area contributed by atoms with Gasteiger partial charge in [0.2, 0.25) is 0 Å². The first-order valence-corrected chi connectivity index (χ1v) is 23.2. The Labute approximate surface area is 394 Å². The average Bonchev–Trinajstić information content (AvgIpc) is 4.08. The number of nitrogens with zero attached hydrogens (tertiary/aromatic N) is 4. The fraction of sp³-hybridized carbons (Fsp3) is 0. The number of benzene rings is 11. The minimum absolute atomic E-state index is 0.564. The van der Waals surface area contributed by atoms with E-state index in [0.29, 0.717) is 17.5 Å². The van der Waals surface area contributed by atoms with Crippen LogP contribution in [-0.2, 0) is 0 Å². The standard InChI is InChI=1S/C63H36N4O2/c1-2-11-37(12-3-1)38-21-23-40(24-22-38)61-64-62(66-63(65-61)48-18-10-20-57-59(48)47-17-8-9-19-55(47)68-57)45-27-29-56-52(33-45)60-49-36-46(28-25-39(49)26-30-58(60)69-56)67-53-34-43-15-6-4-13-41(43)31-50(53)51-32-42-14-5-7-16-44(42)35-54(51)67/h1-36H. The zero-order valence-electron chi connectivity index (χ0n) is 36.9. The van der Waals surface area contributed by atoms with Gasteiger partial charge in [-0.15, -0.1) is 0 Å². The fourth-order valence-electron chi connectivity index (χ4n) is 10.7. The van der Waals surface area contributed by atoms with Gasteiger partial charge in [-0.2, -0.15) is 0 Å². The summed E-state index contributed by atoms with van der Waals surface area (Å²) in [4.78, 5) is 15.7. The third-order valence-corrected chi connectivity index (χ3v) is 14.0. The Balaban J connectivity index is 0.940. The summed E-state index contributed by atoms with van der Waals surface area (Å²) in [5.41, 5.74) is 11.5. The van der Waals surface area contributed by atoms with Crippen LogP contribution in [0, 0.1) is 0 Å². The monoisotopic (exact) mass is 880 g/mol. The highest BCUT2D eigenvalue weighted by atomic mass is 16.3. The molecule has 0 unspecified atom stereocenters. The van der Waals surface area contributed by atoms with E-state index in [1.165, 1.54) is 43.4 Å². The molecule has 0 radical (unpaired) electrons. The number of para-hydroxylation sites is 1. The van der Waals surface area contributed by atoms with E-state index in [9.17, 15) is 0 Å². The summed E-state index contributed by atoms with van der Waals surface area (Å²) in [6.07, 6.45) is 0. The lowest BCUT2D eigenvalue weighted by molar-refractivity contribution is 0.668. The number of rotatable bonds is 5. The molecule has 0 aliphatic heterocycles. The molecule has 6 heteroatoms. The summed E-state index contributed by atoms with van der Waals surface area (Å²) in [6, 6.07) is 77.0. The Morgan fingerprint density at radius 1 is 0.290 bits per heavy atom. The second-order valence-electron chi connectivity index (χ2n) is 18.0. The Hall–Kier alpha value is -9.39. The summed E-state index contributed by atoms with van der Waals surface area (Å²) in [7, 11) is 0. The van der Waals surface area contributed by atoms with Crippen molar-refractivity contribution in [2.24, 2.45) is 0 Å². The molecule has 4 aromatic heterocycles. The van der Waals surface area contributed by atoms with Gasteiger partial charge in [0.15, 0.2) is 17.5 Å². The van der Waals surface area contributed by atoms with Crippen LogP contribution in [0.4, 0.5) is 0 Å². The summed E-state index contributed by atoms with van der Waals surface area (Å²) < 4.78 is 15.4. The Morgan fingerprint density at radius 3 is 1.57 bits per heavy atom. The first-order chi connectivity index (χ1) is 34.1. The van der Waals surface area contributed by atoms with Crippen LogP contribution in [0.15, 0.2) is 227 Å². The molecule has 0 fully saturated rings. The molecule has 0 saturated carbocycles. The fourth-order valence-corrected chi connectivity index (χ4v) is 10.7. The summed E-state index contributed by atoms with van der Waals surface area (Å²) in [6.45, 7) is 0. The van der Waals surface area contributed by atoms with Gasteiger partial charge in [-0.3, -0.25) is 0 Å². The predicted molar refractivity (Wildman–Crippen MR) is 283 cm³/mol. The second-order valence-corrected chi connectivity index (χ2v) is 18.0. The van der Waals surface area contributed by atoms with Crippen molar-refractivity contribution in [3.8, 4) is 51.0 Å². The largest absolute Gasteiger partial charge is 0.456 e. The van der Waals surface area contributed by atoms with E-state index >= 15 is 0 Å². The highest BCUT2D eigenvalue weighted by Crippen LogP contribution is 2.42. The van der Waals surface area contributed by atoms with Crippen LogP contribution in [0.3, 0.4) is 0 Å². The molecule has 0 spiro atoms. The van der Waals surface area contributed by atoms with Crippen LogP contribution in [0.1, 0.15) is 0 Å². The number of hydrogen-bond acceptors (Lipinski definition) is 5. The van der Waals surface area contributed by atoms with Crippen LogP contribution in [0.5, 0.6) is 0 Å². The van der Waals surface area contributed by atoms with Crippen molar-refractivity contribution in [3.05, 3.63) is 218 Å². The van der Waals surface area contributed by atoms with Crippen LogP contribution >= 0.6 is 0 Å². The van der Waals surface area contributed by atoms with Crippen molar-refractivity contribution >= 4 is 98.0 Å². The lowest BCUT2D eigenvalue weighted by atomic mass is 10.0. The molecule has 0 aliphatic carbocycles. The van der Waals surface area contributed by atoms with Gasteiger partial charge in [-0.1, -0.05) is 146 Å². The molecule has 4 heterocycles. The molecule has 0 atom stereocenters. The van der Waals surface area contributed by atoms with Gasteiger partial charge >= 0.3 is 0 Å². The first-order valence-electron chi connectivity index (χ1n) is 23.2. The summed E-state index contributed by atoms with van der Waals surface area (Å²) >= 11 is 0. The SMILES string of the molecule is c1ccc(-c2ccc(-c3nc(-c4ccc5oc6ccc7ccc(-n8c9cc%10ccccc%10cc9c9cc%10ccccc%10cc98)cc7c6c5c4)nc(-c4cccc5oc6ccccc6c45)n3)cc2)cc1. The lowest BCUT2D eigenvalue weighted by Gasteiger charge is -2.11. The number of hydrogen-bond donors (Lipinski definition) is 0. The van der Waals surface area contributed by atoms with Crippen LogP contribution in [-0.4, -0.2) is 19.5 Å². The van der Waals surface area contributed by atoms with Crippen molar-refractivity contribution in [3.63, 3.8) is 0 Å². The van der Waals surface area contributed by atoms with E-state index < -0.39 is 0 Å². The van der Waals surface area contributed by atoms with Crippen molar-refractivity contribution in [2.45, 2.75) is 0 Å². The maximum atomic E-state index is 6.66. The Bertz CT molecular complexity index is 4510. The van der Waals surface area contributed by atoms with Gasteiger partial charge in [0.25, 0.3) is 0 Å². The van der Waals surface area contributed by atoms with Gasteiger partial charge < -0.3 is 13.4 Å².